The van der Waals surface area contributed by atoms with E-state index in [4.69, 9.17) is 0 Å². The van der Waals surface area contributed by atoms with Crippen LogP contribution in [0.4, 0.5) is 0 Å². The molecule has 9 nitrogen and oxygen atoms in total. The van der Waals surface area contributed by atoms with E-state index >= 15 is 0 Å². The Morgan fingerprint density at radius 3 is 0.807 bits per heavy atom. The molecule has 0 unspecified atom stereocenters. The van der Waals surface area contributed by atoms with Crippen LogP contribution in [0, 0.1) is 75.4 Å². The van der Waals surface area contributed by atoms with Crippen molar-refractivity contribution in [3.8, 4) is 101 Å². The molecule has 12 heterocycles. The molecule has 0 radical (unpaired) electrons. The van der Waals surface area contributed by atoms with Gasteiger partial charge in [0, 0.05) is 69.9 Å². The smallest absolute Gasteiger partial charge is 0.305 e. The second kappa shape index (κ2) is 51.6. The van der Waals surface area contributed by atoms with Crippen molar-refractivity contribution in [3.63, 3.8) is 0 Å². The van der Waals surface area contributed by atoms with Gasteiger partial charge in [0.25, 0.3) is 0 Å². The summed E-state index contributed by atoms with van der Waals surface area (Å²) in [5.41, 5.74) is 21.9. The van der Waals surface area contributed by atoms with Crippen molar-refractivity contribution < 1.29 is 60.3 Å². The summed E-state index contributed by atoms with van der Waals surface area (Å²) in [6.45, 7) is 6.27. The second-order valence-corrected chi connectivity index (χ2v) is 33.0. The number of fused-ring (bicyclic) bond motifs is 9. The zero-order chi connectivity index (χ0) is 89.9. The van der Waals surface area contributed by atoms with Crippen LogP contribution in [-0.2, 0) is 60.3 Å². The predicted molar refractivity (Wildman–Crippen MR) is 549 cm³/mol. The van der Waals surface area contributed by atoms with Crippen LogP contribution < -0.4 is 0 Å². The molecule has 135 heavy (non-hydrogen) atoms. The molecule has 15 heteroatoms. The number of benzene rings is 12. The normalized spacial score (nSPS) is 10.2. The maximum absolute atomic E-state index is 4.51. The van der Waals surface area contributed by atoms with Crippen LogP contribution >= 0.6 is 34.0 Å². The van der Waals surface area contributed by atoms with Crippen LogP contribution in [0.3, 0.4) is 0 Å². The maximum Gasteiger partial charge on any atom is 3.00 e. The first-order valence-corrected chi connectivity index (χ1v) is 45.3. The number of nitrogens with zero attached hydrogens (tertiary/aromatic N) is 9. The third-order valence-electron chi connectivity index (χ3n) is 20.4. The Morgan fingerprint density at radius 2 is 0.467 bits per heavy atom. The summed E-state index contributed by atoms with van der Waals surface area (Å²) >= 11 is 5.46. The first-order chi connectivity index (χ1) is 65.2. The van der Waals surface area contributed by atoms with Gasteiger partial charge in [0.15, 0.2) is 0 Å². The molecule has 0 fully saturated rings. The summed E-state index contributed by atoms with van der Waals surface area (Å²) in [6, 6.07) is 162. The van der Waals surface area contributed by atoms with Crippen LogP contribution in [0.25, 0.3) is 162 Å². The molecule has 0 saturated heterocycles. The molecule has 0 saturated carbocycles. The van der Waals surface area contributed by atoms with E-state index in [9.17, 15) is 0 Å². The summed E-state index contributed by atoms with van der Waals surface area (Å²) in [5.74, 6) is 0. The molecule has 12 aromatic carbocycles. The van der Waals surface area contributed by atoms with E-state index in [0.29, 0.717) is 0 Å². The fourth-order valence-corrected chi connectivity index (χ4v) is 17.4. The minimum absolute atomic E-state index is 0. The molecule has 24 rings (SSSR count). The number of aryl methyl sites for hydroxylation is 3. The van der Waals surface area contributed by atoms with Gasteiger partial charge >= 0.3 is 60.3 Å². The van der Waals surface area contributed by atoms with E-state index in [1.165, 1.54) is 77.2 Å². The number of hydrogen-bond acceptors (Lipinski definition) is 12. The summed E-state index contributed by atoms with van der Waals surface area (Å²) in [5, 5.41) is 7.81. The van der Waals surface area contributed by atoms with Crippen molar-refractivity contribution in [1.82, 2.24) is 44.9 Å². The Hall–Kier alpha value is -14.4. The molecular formula is C120H84Ir3N9S3. The topological polar surface area (TPSA) is 116 Å². The Kier molecular flexibility index (Phi) is 37.5. The van der Waals surface area contributed by atoms with Crippen molar-refractivity contribution in [2.24, 2.45) is 0 Å². The van der Waals surface area contributed by atoms with Gasteiger partial charge in [-0.15, -0.1) is 287 Å². The van der Waals surface area contributed by atoms with Crippen LogP contribution in [-0.4, -0.2) is 44.9 Å². The van der Waals surface area contributed by atoms with E-state index < -0.39 is 0 Å². The minimum atomic E-state index is 0. The maximum atomic E-state index is 4.51. The monoisotopic (exact) mass is 2330 g/mol. The average molecular weight is 2320 g/mol. The molecule has 0 N–H and O–H groups in total. The molecule has 0 aliphatic carbocycles. The van der Waals surface area contributed by atoms with Gasteiger partial charge in [0.1, 0.15) is 0 Å². The van der Waals surface area contributed by atoms with Crippen molar-refractivity contribution in [2.75, 3.05) is 0 Å². The van der Waals surface area contributed by atoms with Gasteiger partial charge in [0.05, 0.1) is 0 Å². The van der Waals surface area contributed by atoms with Crippen molar-refractivity contribution in [2.45, 2.75) is 20.8 Å². The number of thiophene rings is 3. The van der Waals surface area contributed by atoms with E-state index in [0.717, 1.165) is 101 Å². The molecule has 24 aromatic rings. The summed E-state index contributed by atoms with van der Waals surface area (Å²) in [6.07, 6.45) is 16.3. The molecular weight excluding hydrogens is 2240 g/mol. The Morgan fingerprint density at radius 1 is 0.178 bits per heavy atom. The third kappa shape index (κ3) is 27.6. The number of rotatable bonds is 9. The average Bonchev–Trinajstić information content (AvgIpc) is 1.73. The van der Waals surface area contributed by atoms with Gasteiger partial charge in [-0.05, 0) is 175 Å². The van der Waals surface area contributed by atoms with Gasteiger partial charge in [-0.1, -0.05) is 178 Å². The first-order valence-electron chi connectivity index (χ1n) is 42.8. The zero-order valence-corrected chi connectivity index (χ0v) is 83.2. The predicted octanol–water partition coefficient (Wildman–Crippen LogP) is 31.0. The molecule has 12 aromatic heterocycles. The van der Waals surface area contributed by atoms with E-state index in [-0.39, 0.29) is 60.3 Å². The van der Waals surface area contributed by atoms with Gasteiger partial charge < -0.3 is 44.9 Å². The fraction of sp³-hybridized carbons (Fsp3) is 0.0250. The second-order valence-electron chi connectivity index (χ2n) is 29.7. The summed E-state index contributed by atoms with van der Waals surface area (Å²) < 4.78 is 7.81. The Balaban J connectivity index is 0.000000130. The number of pyridine rings is 9. The van der Waals surface area contributed by atoms with Gasteiger partial charge in [-0.3, -0.25) is 0 Å². The van der Waals surface area contributed by atoms with Crippen LogP contribution in [0.5, 0.6) is 0 Å². The largest absolute Gasteiger partial charge is 3.00 e. The van der Waals surface area contributed by atoms with Crippen LogP contribution in [0.1, 0.15) is 16.7 Å². The minimum Gasteiger partial charge on any atom is -0.305 e. The Bertz CT molecular complexity index is 6820. The molecule has 0 spiro atoms. The van der Waals surface area contributed by atoms with Crippen molar-refractivity contribution in [1.29, 1.82) is 0 Å². The van der Waals surface area contributed by atoms with E-state index in [2.05, 4.69) is 242 Å². The Labute approximate surface area is 841 Å². The van der Waals surface area contributed by atoms with Crippen molar-refractivity contribution in [3.05, 3.63) is 527 Å². The van der Waals surface area contributed by atoms with E-state index in [1.54, 1.807) is 37.2 Å². The number of aromatic nitrogens is 9. The quantitative estimate of drug-likeness (QED) is 0.130. The van der Waals surface area contributed by atoms with Crippen LogP contribution in [0.15, 0.2) is 456 Å². The molecule has 0 atom stereocenters. The standard InChI is InChI=1S/3C18H12NS.6C11H8N.3Ir/c1-12-9-10-19-16(11-12)15-7-4-6-14-13-5-2-3-8-17(13)20-18(14)15;1-12-8-9-19-16(10-12)13-6-7-18-15(11-13)14-4-2-3-5-17(14)20-18;1-12-8-9-19-16(10-12)13-6-7-15-14-4-2-3-5-17(14)20-18(15)11-13;6*1-2-6-10(7-3-1)11-8-4-5-9-12-11;;;/h2-6,8-11H,1H3;2*2-5,7-11H,1H3;6*1-6,8-9H;;;/q9*-1;3*+3. The van der Waals surface area contributed by atoms with Gasteiger partial charge in [-0.2, -0.15) is 34.0 Å². The van der Waals surface area contributed by atoms with Gasteiger partial charge in [0.2, 0.25) is 0 Å². The molecule has 0 aliphatic heterocycles. The molecule has 0 aliphatic rings. The molecule has 654 valence electrons. The SMILES string of the molecule is Cc1ccnc(-c2[c-]cc3c(c2)sc2ccccc23)c1.Cc1ccnc(-c2[c-]cc3sc4ccccc4c3c2)c1.Cc1ccnc(-c2[c-]ccc3c2sc2ccccc23)c1.[Ir+3].[Ir+3].[Ir+3].[c-]1ccccc1-c1ccccn1.[c-]1ccccc1-c1ccccn1.[c-]1ccccc1-c1ccccn1.[c-]1ccccc1-c1ccccn1.[c-]1ccccc1-c1ccccn1.[c-]1ccccc1-c1ccccn1. The van der Waals surface area contributed by atoms with Crippen LogP contribution in [0.2, 0.25) is 0 Å². The zero-order valence-electron chi connectivity index (χ0n) is 73.6. The van der Waals surface area contributed by atoms with Gasteiger partial charge in [-0.25, -0.2) is 0 Å². The third-order valence-corrected chi connectivity index (χ3v) is 23.9. The fourth-order valence-electron chi connectivity index (χ4n) is 14.0. The summed E-state index contributed by atoms with van der Waals surface area (Å²) in [4.78, 5) is 38.7. The van der Waals surface area contributed by atoms with Crippen molar-refractivity contribution >= 4 is 94.5 Å². The summed E-state index contributed by atoms with van der Waals surface area (Å²) in [7, 11) is 0. The first kappa shape index (κ1) is 98.1. The van der Waals surface area contributed by atoms with E-state index in [1.807, 2.05) is 332 Å². The molecule has 0 bridgehead atoms. The molecule has 0 amide bonds. The number of hydrogen-bond donors (Lipinski definition) is 0.